The molecule has 3 aliphatic rings. The third kappa shape index (κ3) is 3.14. The van der Waals surface area contributed by atoms with Gasteiger partial charge >= 0.3 is 0 Å². The largest absolute Gasteiger partial charge is 0.493 e. The van der Waals surface area contributed by atoms with Crippen molar-refractivity contribution >= 4 is 0 Å². The molecule has 2 bridgehead atoms. The number of methoxy groups -OCH3 is 2. The average Bonchev–Trinajstić information content (AvgIpc) is 3.25. The van der Waals surface area contributed by atoms with Crippen LogP contribution in [0.2, 0.25) is 0 Å². The van der Waals surface area contributed by atoms with Crippen molar-refractivity contribution in [2.24, 2.45) is 11.8 Å². The molecule has 1 aromatic rings. The first-order chi connectivity index (χ1) is 11.8. The molecule has 4 rings (SSSR count). The van der Waals surface area contributed by atoms with Gasteiger partial charge in [-0.05, 0) is 48.8 Å². The molecule has 4 nitrogen and oxygen atoms in total. The molecule has 0 spiro atoms. The molecule has 24 heavy (non-hydrogen) atoms. The summed E-state index contributed by atoms with van der Waals surface area (Å²) in [5.41, 5.74) is 1.31. The maximum absolute atomic E-state index is 5.43. The minimum Gasteiger partial charge on any atom is -0.493 e. The molecule has 1 saturated heterocycles. The Hall–Kier alpha value is -1.26. The molecule has 0 N–H and O–H groups in total. The highest BCUT2D eigenvalue weighted by Crippen LogP contribution is 2.46. The first kappa shape index (κ1) is 16.2. The Balaban J connectivity index is 1.32. The van der Waals surface area contributed by atoms with Gasteiger partial charge in [-0.15, -0.1) is 0 Å². The summed E-state index contributed by atoms with van der Waals surface area (Å²) in [6, 6.07) is 7.18. The highest BCUT2D eigenvalue weighted by Gasteiger charge is 2.42. The van der Waals surface area contributed by atoms with Gasteiger partial charge in [-0.3, -0.25) is 9.80 Å². The van der Waals surface area contributed by atoms with Crippen molar-refractivity contribution < 1.29 is 9.47 Å². The van der Waals surface area contributed by atoms with Crippen LogP contribution in [0.5, 0.6) is 11.5 Å². The maximum atomic E-state index is 5.43. The summed E-state index contributed by atoms with van der Waals surface area (Å²) in [5, 5.41) is 0. The summed E-state index contributed by atoms with van der Waals surface area (Å²) in [6.45, 7) is 5.84. The Morgan fingerprint density at radius 3 is 2.38 bits per heavy atom. The minimum atomic E-state index is 0.808. The van der Waals surface area contributed by atoms with Gasteiger partial charge in [0.1, 0.15) is 0 Å². The molecule has 3 atom stereocenters. The fourth-order valence-electron chi connectivity index (χ4n) is 5.15. The number of fused-ring (bicyclic) bond motifs is 2. The van der Waals surface area contributed by atoms with Crippen molar-refractivity contribution in [3.63, 3.8) is 0 Å². The molecule has 132 valence electrons. The number of benzene rings is 1. The standard InChI is InChI=1S/C20H30N2O2/c1-23-19-6-4-16(13-20(19)24-2)14-21-7-9-22(10-8-21)18-12-15-3-5-17(18)11-15/h4,6,13,15,17-18H,3,5,7-12,14H2,1-2H3/t15-,17+,18-/m0/s1. The second-order valence-corrected chi connectivity index (χ2v) is 7.74. The molecule has 0 radical (unpaired) electrons. The normalized spacial score (nSPS) is 30.7. The molecule has 4 heteroatoms. The lowest BCUT2D eigenvalue weighted by Crippen LogP contribution is -2.51. The molecule has 3 fully saturated rings. The molecular formula is C20H30N2O2. The molecule has 1 aliphatic heterocycles. The third-order valence-electron chi connectivity index (χ3n) is 6.43. The van der Waals surface area contributed by atoms with Crippen LogP contribution in [-0.2, 0) is 6.54 Å². The Labute approximate surface area is 145 Å². The van der Waals surface area contributed by atoms with E-state index >= 15 is 0 Å². The lowest BCUT2D eigenvalue weighted by Gasteiger charge is -2.41. The van der Waals surface area contributed by atoms with Gasteiger partial charge in [0.25, 0.3) is 0 Å². The van der Waals surface area contributed by atoms with Crippen molar-refractivity contribution in [1.29, 1.82) is 0 Å². The van der Waals surface area contributed by atoms with Crippen molar-refractivity contribution in [2.75, 3.05) is 40.4 Å². The minimum absolute atomic E-state index is 0.808. The van der Waals surface area contributed by atoms with E-state index in [9.17, 15) is 0 Å². The van der Waals surface area contributed by atoms with Crippen molar-refractivity contribution in [1.82, 2.24) is 9.80 Å². The zero-order valence-electron chi connectivity index (χ0n) is 15.0. The van der Waals surface area contributed by atoms with Crippen LogP contribution in [0.1, 0.15) is 31.2 Å². The summed E-state index contributed by atoms with van der Waals surface area (Å²) in [7, 11) is 3.39. The van der Waals surface area contributed by atoms with Crippen LogP contribution in [-0.4, -0.2) is 56.2 Å². The first-order valence-electron chi connectivity index (χ1n) is 9.44. The lowest BCUT2D eigenvalue weighted by atomic mass is 9.93. The molecule has 2 aliphatic carbocycles. The fraction of sp³-hybridized carbons (Fsp3) is 0.700. The molecule has 2 saturated carbocycles. The van der Waals surface area contributed by atoms with E-state index in [1.165, 1.54) is 57.4 Å². The second-order valence-electron chi connectivity index (χ2n) is 7.74. The van der Waals surface area contributed by atoms with E-state index in [4.69, 9.17) is 9.47 Å². The van der Waals surface area contributed by atoms with Gasteiger partial charge in [-0.2, -0.15) is 0 Å². The van der Waals surface area contributed by atoms with Crippen molar-refractivity contribution in [3.05, 3.63) is 23.8 Å². The van der Waals surface area contributed by atoms with Gasteiger partial charge in [0.05, 0.1) is 14.2 Å². The summed E-state index contributed by atoms with van der Waals surface area (Å²) >= 11 is 0. The molecular weight excluding hydrogens is 300 g/mol. The van der Waals surface area contributed by atoms with E-state index in [0.29, 0.717) is 0 Å². The topological polar surface area (TPSA) is 24.9 Å². The van der Waals surface area contributed by atoms with Crippen molar-refractivity contribution in [2.45, 2.75) is 38.3 Å². The average molecular weight is 330 g/mol. The number of ether oxygens (including phenoxy) is 2. The van der Waals surface area contributed by atoms with Crippen LogP contribution in [0.3, 0.4) is 0 Å². The van der Waals surface area contributed by atoms with Crippen LogP contribution >= 0.6 is 0 Å². The van der Waals surface area contributed by atoms with E-state index in [2.05, 4.69) is 21.9 Å². The Morgan fingerprint density at radius 2 is 1.75 bits per heavy atom. The summed E-state index contributed by atoms with van der Waals surface area (Å²) in [5.74, 6) is 3.69. The first-order valence-corrected chi connectivity index (χ1v) is 9.44. The Kier molecular flexibility index (Phi) is 4.68. The quantitative estimate of drug-likeness (QED) is 0.828. The maximum Gasteiger partial charge on any atom is 0.161 e. The molecule has 1 aromatic carbocycles. The van der Waals surface area contributed by atoms with Crippen LogP contribution in [0.4, 0.5) is 0 Å². The number of hydrogen-bond acceptors (Lipinski definition) is 4. The third-order valence-corrected chi connectivity index (χ3v) is 6.43. The van der Waals surface area contributed by atoms with Crippen LogP contribution in [0.15, 0.2) is 18.2 Å². The van der Waals surface area contributed by atoms with Crippen LogP contribution < -0.4 is 9.47 Å². The summed E-state index contributed by atoms with van der Waals surface area (Å²) < 4.78 is 10.8. The SMILES string of the molecule is COc1ccc(CN2CCN([C@H]3C[C@H]4CC[C@@H]3C4)CC2)cc1OC. The number of nitrogens with zero attached hydrogens (tertiary/aromatic N) is 2. The van der Waals surface area contributed by atoms with E-state index in [0.717, 1.165) is 35.9 Å². The van der Waals surface area contributed by atoms with Crippen LogP contribution in [0.25, 0.3) is 0 Å². The van der Waals surface area contributed by atoms with Gasteiger partial charge in [-0.1, -0.05) is 12.5 Å². The van der Waals surface area contributed by atoms with Crippen molar-refractivity contribution in [3.8, 4) is 11.5 Å². The van der Waals surface area contributed by atoms with Gasteiger partial charge < -0.3 is 9.47 Å². The Morgan fingerprint density at radius 1 is 0.958 bits per heavy atom. The smallest absolute Gasteiger partial charge is 0.161 e. The predicted molar refractivity (Wildman–Crippen MR) is 95.6 cm³/mol. The molecule has 0 unspecified atom stereocenters. The lowest BCUT2D eigenvalue weighted by molar-refractivity contribution is 0.0679. The highest BCUT2D eigenvalue weighted by molar-refractivity contribution is 5.42. The summed E-state index contributed by atoms with van der Waals surface area (Å²) in [4.78, 5) is 5.36. The number of rotatable bonds is 5. The predicted octanol–water partition coefficient (Wildman–Crippen LogP) is 3.01. The number of piperazine rings is 1. The molecule has 1 heterocycles. The highest BCUT2D eigenvalue weighted by atomic mass is 16.5. The summed E-state index contributed by atoms with van der Waals surface area (Å²) in [6.07, 6.45) is 5.97. The van der Waals surface area contributed by atoms with E-state index in [1.54, 1.807) is 14.2 Å². The molecule has 0 aromatic heterocycles. The van der Waals surface area contributed by atoms with Gasteiger partial charge in [0.15, 0.2) is 11.5 Å². The zero-order valence-corrected chi connectivity index (χ0v) is 15.0. The zero-order chi connectivity index (χ0) is 16.5. The van der Waals surface area contributed by atoms with Crippen LogP contribution in [0, 0.1) is 11.8 Å². The number of hydrogen-bond donors (Lipinski definition) is 0. The monoisotopic (exact) mass is 330 g/mol. The van der Waals surface area contributed by atoms with E-state index in [1.807, 2.05) is 6.07 Å². The Bertz CT molecular complexity index is 569. The van der Waals surface area contributed by atoms with Gasteiger partial charge in [-0.25, -0.2) is 0 Å². The van der Waals surface area contributed by atoms with Gasteiger partial charge in [0.2, 0.25) is 0 Å². The van der Waals surface area contributed by atoms with E-state index < -0.39 is 0 Å². The fourth-order valence-corrected chi connectivity index (χ4v) is 5.15. The molecule has 0 amide bonds. The second kappa shape index (κ2) is 6.93. The van der Waals surface area contributed by atoms with E-state index in [-0.39, 0.29) is 0 Å². The van der Waals surface area contributed by atoms with Gasteiger partial charge in [0, 0.05) is 38.8 Å².